The Bertz CT molecular complexity index is 623. The van der Waals surface area contributed by atoms with Crippen molar-refractivity contribution in [2.45, 2.75) is 18.9 Å². The van der Waals surface area contributed by atoms with E-state index < -0.39 is 45.4 Å². The first kappa shape index (κ1) is 18.9. The molecule has 1 heterocycles. The summed E-state index contributed by atoms with van der Waals surface area (Å²) >= 11 is 0. The van der Waals surface area contributed by atoms with Gasteiger partial charge in [0.25, 0.3) is 21.9 Å². The lowest BCUT2D eigenvalue weighted by Gasteiger charge is -2.13. The minimum Gasteiger partial charge on any atom is -0.356 e. The second-order valence-electron chi connectivity index (χ2n) is 4.83. The van der Waals surface area contributed by atoms with Gasteiger partial charge < -0.3 is 11.1 Å². The molecular formula is C12H17N3O7S. The highest BCUT2D eigenvalue weighted by atomic mass is 32.2. The zero-order chi connectivity index (χ0) is 17.6. The van der Waals surface area contributed by atoms with Gasteiger partial charge in [-0.2, -0.15) is 8.42 Å². The summed E-state index contributed by atoms with van der Waals surface area (Å²) in [6.07, 6.45) is 1.89. The van der Waals surface area contributed by atoms with Gasteiger partial charge in [-0.15, -0.1) is 0 Å². The van der Waals surface area contributed by atoms with E-state index in [-0.39, 0.29) is 25.9 Å². The molecule has 10 nitrogen and oxygen atoms in total. The van der Waals surface area contributed by atoms with Gasteiger partial charge in [0.2, 0.25) is 5.91 Å². The van der Waals surface area contributed by atoms with Gasteiger partial charge in [-0.1, -0.05) is 0 Å². The molecule has 0 saturated carbocycles. The third kappa shape index (κ3) is 6.67. The van der Waals surface area contributed by atoms with E-state index in [4.69, 9.17) is 10.3 Å². The number of rotatable bonds is 9. The molecular weight excluding hydrogens is 330 g/mol. The van der Waals surface area contributed by atoms with Crippen molar-refractivity contribution in [3.63, 3.8) is 0 Å². The third-order valence-electron chi connectivity index (χ3n) is 2.96. The summed E-state index contributed by atoms with van der Waals surface area (Å²) in [6.45, 7) is -0.149. The van der Waals surface area contributed by atoms with Crippen LogP contribution in [0.15, 0.2) is 12.2 Å². The number of carbonyl (C=O) groups excluding carboxylic acids is 4. The number of nitrogens with zero attached hydrogens (tertiary/aromatic N) is 1. The lowest BCUT2D eigenvalue weighted by molar-refractivity contribution is -0.137. The molecule has 0 aromatic carbocycles. The van der Waals surface area contributed by atoms with Gasteiger partial charge in [0.1, 0.15) is 0 Å². The Hall–Kier alpha value is -2.11. The van der Waals surface area contributed by atoms with Crippen molar-refractivity contribution in [2.24, 2.45) is 5.73 Å². The molecule has 0 radical (unpaired) electrons. The van der Waals surface area contributed by atoms with Crippen LogP contribution in [-0.4, -0.2) is 66.3 Å². The van der Waals surface area contributed by atoms with Crippen LogP contribution in [0.2, 0.25) is 0 Å². The minimum absolute atomic E-state index is 0.0724. The first-order valence-corrected chi connectivity index (χ1v) is 8.25. The van der Waals surface area contributed by atoms with Crippen LogP contribution >= 0.6 is 0 Å². The number of nitrogens with two attached hydrogens (primary N) is 1. The highest BCUT2D eigenvalue weighted by molar-refractivity contribution is 7.85. The molecule has 0 aromatic heterocycles. The Kier molecular flexibility index (Phi) is 6.54. The molecule has 0 aromatic rings. The van der Waals surface area contributed by atoms with E-state index in [9.17, 15) is 27.6 Å². The first-order chi connectivity index (χ1) is 10.6. The normalized spacial score (nSPS) is 15.8. The standard InChI is InChI=1S/C12H17N3O7S/c13-8(7-23(20,21)22)9(16)3-5-14-10(17)4-6-15-11(18)1-2-12(15)19/h1-2,8H,3-7,13H2,(H,14,17)(H,20,21,22). The number of amides is 3. The van der Waals surface area contributed by atoms with Crippen LogP contribution in [0.25, 0.3) is 0 Å². The molecule has 3 amide bonds. The fraction of sp³-hybridized carbons (Fsp3) is 0.500. The van der Waals surface area contributed by atoms with Gasteiger partial charge in [0.15, 0.2) is 5.78 Å². The number of Topliss-reactive ketones (excluding diaryl/α,β-unsaturated/α-hetero) is 1. The topological polar surface area (TPSA) is 164 Å². The Morgan fingerprint density at radius 2 is 1.78 bits per heavy atom. The van der Waals surface area contributed by atoms with Crippen molar-refractivity contribution in [3.8, 4) is 0 Å². The van der Waals surface area contributed by atoms with E-state index in [2.05, 4.69) is 5.32 Å². The van der Waals surface area contributed by atoms with Crippen LogP contribution in [0.3, 0.4) is 0 Å². The second kappa shape index (κ2) is 7.94. The molecule has 1 aliphatic heterocycles. The molecule has 0 fully saturated rings. The van der Waals surface area contributed by atoms with Crippen molar-refractivity contribution >= 4 is 33.6 Å². The smallest absolute Gasteiger partial charge is 0.266 e. The largest absolute Gasteiger partial charge is 0.356 e. The zero-order valence-corrected chi connectivity index (χ0v) is 12.9. The summed E-state index contributed by atoms with van der Waals surface area (Å²) in [4.78, 5) is 46.4. The molecule has 1 aliphatic rings. The van der Waals surface area contributed by atoms with Gasteiger partial charge in [0, 0.05) is 38.1 Å². The molecule has 23 heavy (non-hydrogen) atoms. The average Bonchev–Trinajstić information content (AvgIpc) is 2.73. The highest BCUT2D eigenvalue weighted by Crippen LogP contribution is 2.04. The number of carbonyl (C=O) groups is 4. The molecule has 11 heteroatoms. The number of ketones is 1. The Balaban J connectivity index is 2.25. The predicted molar refractivity (Wildman–Crippen MR) is 77.5 cm³/mol. The minimum atomic E-state index is -4.35. The highest BCUT2D eigenvalue weighted by Gasteiger charge is 2.24. The van der Waals surface area contributed by atoms with Crippen molar-refractivity contribution in [2.75, 3.05) is 18.8 Å². The summed E-state index contributed by atoms with van der Waals surface area (Å²) in [5.41, 5.74) is 5.30. The van der Waals surface area contributed by atoms with Crippen molar-refractivity contribution in [1.29, 1.82) is 0 Å². The molecule has 1 unspecified atom stereocenters. The fourth-order valence-corrected chi connectivity index (χ4v) is 2.42. The van der Waals surface area contributed by atoms with Gasteiger partial charge in [0.05, 0.1) is 11.8 Å². The molecule has 0 saturated heterocycles. The summed E-state index contributed by atoms with van der Waals surface area (Å²) in [6, 6.07) is -1.37. The van der Waals surface area contributed by atoms with Gasteiger partial charge in [-0.25, -0.2) is 0 Å². The quantitative estimate of drug-likeness (QED) is 0.306. The molecule has 0 spiro atoms. The van der Waals surface area contributed by atoms with E-state index >= 15 is 0 Å². The van der Waals surface area contributed by atoms with Crippen molar-refractivity contribution < 1.29 is 32.1 Å². The maximum Gasteiger partial charge on any atom is 0.266 e. The van der Waals surface area contributed by atoms with Gasteiger partial charge in [-0.05, 0) is 0 Å². The molecule has 1 rings (SSSR count). The van der Waals surface area contributed by atoms with E-state index in [1.54, 1.807) is 0 Å². The van der Waals surface area contributed by atoms with Crippen LogP contribution in [-0.2, 0) is 29.3 Å². The molecule has 0 bridgehead atoms. The van der Waals surface area contributed by atoms with Crippen molar-refractivity contribution in [3.05, 3.63) is 12.2 Å². The lowest BCUT2D eigenvalue weighted by Crippen LogP contribution is -2.39. The number of hydrogen-bond donors (Lipinski definition) is 3. The van der Waals surface area contributed by atoms with E-state index in [0.29, 0.717) is 0 Å². The average molecular weight is 347 g/mol. The van der Waals surface area contributed by atoms with E-state index in [1.165, 1.54) is 0 Å². The van der Waals surface area contributed by atoms with Crippen LogP contribution < -0.4 is 11.1 Å². The van der Waals surface area contributed by atoms with Gasteiger partial charge >= 0.3 is 0 Å². The maximum atomic E-state index is 11.5. The monoisotopic (exact) mass is 347 g/mol. The van der Waals surface area contributed by atoms with Crippen LogP contribution in [0.5, 0.6) is 0 Å². The molecule has 1 atom stereocenters. The summed E-state index contributed by atoms with van der Waals surface area (Å²) in [7, 11) is -4.35. The lowest BCUT2D eigenvalue weighted by atomic mass is 10.1. The Morgan fingerprint density at radius 3 is 2.30 bits per heavy atom. The van der Waals surface area contributed by atoms with Crippen molar-refractivity contribution in [1.82, 2.24) is 10.2 Å². The first-order valence-electron chi connectivity index (χ1n) is 6.64. The van der Waals surface area contributed by atoms with Gasteiger partial charge in [-0.3, -0.25) is 28.6 Å². The Morgan fingerprint density at radius 1 is 1.22 bits per heavy atom. The maximum absolute atomic E-state index is 11.5. The summed E-state index contributed by atoms with van der Waals surface area (Å²) in [5.74, 6) is -2.97. The third-order valence-corrected chi connectivity index (χ3v) is 3.74. The van der Waals surface area contributed by atoms with Crippen LogP contribution in [0, 0.1) is 0 Å². The second-order valence-corrected chi connectivity index (χ2v) is 6.33. The van der Waals surface area contributed by atoms with Crippen LogP contribution in [0.1, 0.15) is 12.8 Å². The number of imide groups is 1. The molecule has 128 valence electrons. The Labute approximate surface area is 132 Å². The van der Waals surface area contributed by atoms with E-state index in [0.717, 1.165) is 17.1 Å². The SMILES string of the molecule is NC(CS(=O)(=O)O)C(=O)CCNC(=O)CCN1C(=O)C=CC1=O. The number of nitrogens with one attached hydrogen (secondary N) is 1. The zero-order valence-electron chi connectivity index (χ0n) is 12.1. The molecule has 0 aliphatic carbocycles. The number of hydrogen-bond acceptors (Lipinski definition) is 7. The summed E-state index contributed by atoms with van der Waals surface area (Å²) in [5, 5.41) is 2.39. The fourth-order valence-electron chi connectivity index (χ4n) is 1.78. The predicted octanol–water partition coefficient (Wildman–Crippen LogP) is -2.41. The molecule has 4 N–H and O–H groups in total. The van der Waals surface area contributed by atoms with Crippen LogP contribution in [0.4, 0.5) is 0 Å². The summed E-state index contributed by atoms with van der Waals surface area (Å²) < 4.78 is 29.7. The van der Waals surface area contributed by atoms with E-state index in [1.807, 2.05) is 0 Å².